The van der Waals surface area contributed by atoms with Crippen molar-refractivity contribution in [3.05, 3.63) is 82.8 Å². The zero-order valence-corrected chi connectivity index (χ0v) is 19.9. The monoisotopic (exact) mass is 481 g/mol. The number of amides is 2. The van der Waals surface area contributed by atoms with E-state index in [1.54, 1.807) is 24.3 Å². The number of para-hydroxylation sites is 1. The number of aryl methyl sites for hydroxylation is 2. The van der Waals surface area contributed by atoms with E-state index in [0.29, 0.717) is 25.3 Å². The summed E-state index contributed by atoms with van der Waals surface area (Å²) in [6, 6.07) is 15.7. The first-order valence-corrected chi connectivity index (χ1v) is 12.5. The summed E-state index contributed by atoms with van der Waals surface area (Å²) < 4.78 is 32.7. The molecule has 8 nitrogen and oxygen atoms in total. The van der Waals surface area contributed by atoms with Crippen molar-refractivity contribution >= 4 is 27.5 Å². The molecule has 2 heterocycles. The van der Waals surface area contributed by atoms with E-state index in [-0.39, 0.29) is 27.9 Å². The molecule has 0 saturated carbocycles. The molecular formula is C25H27N3O5S. The van der Waals surface area contributed by atoms with Crippen molar-refractivity contribution in [1.29, 1.82) is 0 Å². The van der Waals surface area contributed by atoms with Crippen molar-refractivity contribution < 1.29 is 22.4 Å². The number of anilines is 1. The third-order valence-electron chi connectivity index (χ3n) is 5.77. The van der Waals surface area contributed by atoms with Crippen LogP contribution in [0.3, 0.4) is 0 Å². The summed E-state index contributed by atoms with van der Waals surface area (Å²) >= 11 is 0. The van der Waals surface area contributed by atoms with Gasteiger partial charge in [-0.05, 0) is 44.4 Å². The molecule has 0 bridgehead atoms. The molecule has 0 atom stereocenters. The van der Waals surface area contributed by atoms with Gasteiger partial charge in [0.1, 0.15) is 10.7 Å². The molecule has 34 heavy (non-hydrogen) atoms. The van der Waals surface area contributed by atoms with Crippen LogP contribution in [-0.2, 0) is 16.6 Å². The van der Waals surface area contributed by atoms with Gasteiger partial charge in [-0.1, -0.05) is 42.0 Å². The van der Waals surface area contributed by atoms with Gasteiger partial charge in [-0.3, -0.25) is 9.59 Å². The molecule has 2 aromatic carbocycles. The maximum Gasteiger partial charge on any atom is 0.291 e. The SMILES string of the molecule is Cc1ccc(CNC(=O)c2ccccc2NC(=O)c2cc(S(=O)(=O)N3CCCC3)c(C)o2)cc1. The fourth-order valence-electron chi connectivity index (χ4n) is 3.86. The predicted molar refractivity (Wildman–Crippen MR) is 128 cm³/mol. The standard InChI is InChI=1S/C25H27N3O5S/c1-17-9-11-19(12-10-17)16-26-24(29)20-7-3-4-8-21(20)27-25(30)22-15-23(18(2)33-22)34(31,32)28-13-5-6-14-28/h3-4,7-12,15H,5-6,13-14,16H2,1-2H3,(H,26,29)(H,27,30). The second-order valence-corrected chi connectivity index (χ2v) is 10.2. The number of carbonyl (C=O) groups excluding carboxylic acids is 2. The zero-order valence-electron chi connectivity index (χ0n) is 19.1. The summed E-state index contributed by atoms with van der Waals surface area (Å²) in [7, 11) is -3.72. The van der Waals surface area contributed by atoms with Gasteiger partial charge in [0.15, 0.2) is 5.76 Å². The minimum atomic E-state index is -3.72. The maximum absolute atomic E-state index is 12.9. The van der Waals surface area contributed by atoms with Gasteiger partial charge < -0.3 is 15.1 Å². The first-order valence-electron chi connectivity index (χ1n) is 11.1. The van der Waals surface area contributed by atoms with E-state index in [1.165, 1.54) is 17.3 Å². The Morgan fingerprint density at radius 3 is 2.35 bits per heavy atom. The number of rotatable bonds is 7. The Kier molecular flexibility index (Phi) is 6.85. The van der Waals surface area contributed by atoms with Gasteiger partial charge in [-0.15, -0.1) is 0 Å². The Bertz CT molecular complexity index is 1310. The van der Waals surface area contributed by atoms with Crippen molar-refractivity contribution in [2.24, 2.45) is 0 Å². The number of hydrogen-bond acceptors (Lipinski definition) is 5. The van der Waals surface area contributed by atoms with Crippen LogP contribution in [0, 0.1) is 13.8 Å². The van der Waals surface area contributed by atoms with Crippen LogP contribution in [0.5, 0.6) is 0 Å². The smallest absolute Gasteiger partial charge is 0.291 e. The molecule has 1 fully saturated rings. The molecule has 1 aliphatic heterocycles. The Morgan fingerprint density at radius 1 is 0.971 bits per heavy atom. The van der Waals surface area contributed by atoms with Gasteiger partial charge in [0.2, 0.25) is 10.0 Å². The highest BCUT2D eigenvalue weighted by atomic mass is 32.2. The average Bonchev–Trinajstić information content (AvgIpc) is 3.50. The summed E-state index contributed by atoms with van der Waals surface area (Å²) in [4.78, 5) is 25.6. The van der Waals surface area contributed by atoms with Crippen molar-refractivity contribution in [3.63, 3.8) is 0 Å². The molecule has 0 aliphatic carbocycles. The lowest BCUT2D eigenvalue weighted by Gasteiger charge is -2.14. The number of furan rings is 1. The van der Waals surface area contributed by atoms with E-state index >= 15 is 0 Å². The van der Waals surface area contributed by atoms with Crippen LogP contribution in [0.4, 0.5) is 5.69 Å². The van der Waals surface area contributed by atoms with Crippen LogP contribution >= 0.6 is 0 Å². The lowest BCUT2D eigenvalue weighted by Crippen LogP contribution is -2.28. The van der Waals surface area contributed by atoms with Crippen LogP contribution in [0.1, 0.15) is 50.6 Å². The minimum absolute atomic E-state index is 0.0105. The van der Waals surface area contributed by atoms with Gasteiger partial charge >= 0.3 is 0 Å². The molecule has 0 radical (unpaired) electrons. The van der Waals surface area contributed by atoms with Crippen LogP contribution in [0.25, 0.3) is 0 Å². The van der Waals surface area contributed by atoms with E-state index in [4.69, 9.17) is 4.42 Å². The van der Waals surface area contributed by atoms with Crippen LogP contribution in [0.15, 0.2) is 63.9 Å². The van der Waals surface area contributed by atoms with Gasteiger partial charge in [0, 0.05) is 25.7 Å². The highest BCUT2D eigenvalue weighted by Crippen LogP contribution is 2.27. The Hall–Kier alpha value is -3.43. The largest absolute Gasteiger partial charge is 0.455 e. The number of sulfonamides is 1. The van der Waals surface area contributed by atoms with Gasteiger partial charge in [0.25, 0.3) is 11.8 Å². The van der Waals surface area contributed by atoms with E-state index < -0.39 is 15.9 Å². The zero-order chi connectivity index (χ0) is 24.3. The predicted octanol–water partition coefficient (Wildman–Crippen LogP) is 3.86. The molecule has 4 rings (SSSR count). The fraction of sp³-hybridized carbons (Fsp3) is 0.280. The number of nitrogens with one attached hydrogen (secondary N) is 2. The summed E-state index contributed by atoms with van der Waals surface area (Å²) in [5, 5.41) is 5.53. The van der Waals surface area contributed by atoms with E-state index in [1.807, 2.05) is 31.2 Å². The summed E-state index contributed by atoms with van der Waals surface area (Å²) in [6.07, 6.45) is 1.62. The summed E-state index contributed by atoms with van der Waals surface area (Å²) in [5.74, 6) is -0.958. The van der Waals surface area contributed by atoms with Crippen molar-refractivity contribution in [3.8, 4) is 0 Å². The molecule has 0 spiro atoms. The lowest BCUT2D eigenvalue weighted by atomic mass is 10.1. The Labute approximate surface area is 199 Å². The first kappa shape index (κ1) is 23.7. The van der Waals surface area contributed by atoms with Crippen molar-refractivity contribution in [1.82, 2.24) is 9.62 Å². The second-order valence-electron chi connectivity index (χ2n) is 8.31. The first-order chi connectivity index (χ1) is 16.3. The molecule has 2 N–H and O–H groups in total. The summed E-state index contributed by atoms with van der Waals surface area (Å²) in [5.41, 5.74) is 2.68. The Balaban J connectivity index is 1.49. The van der Waals surface area contributed by atoms with Gasteiger partial charge in [-0.2, -0.15) is 4.31 Å². The van der Waals surface area contributed by atoms with Crippen LogP contribution in [0.2, 0.25) is 0 Å². The third kappa shape index (κ3) is 5.05. The maximum atomic E-state index is 12.9. The molecule has 1 saturated heterocycles. The van der Waals surface area contributed by atoms with E-state index in [2.05, 4.69) is 10.6 Å². The number of carbonyl (C=O) groups is 2. The number of hydrogen-bond donors (Lipinski definition) is 2. The van der Waals surface area contributed by atoms with E-state index in [9.17, 15) is 18.0 Å². The minimum Gasteiger partial charge on any atom is -0.455 e. The molecule has 0 unspecified atom stereocenters. The molecule has 1 aliphatic rings. The Morgan fingerprint density at radius 2 is 1.65 bits per heavy atom. The van der Waals surface area contributed by atoms with Gasteiger partial charge in [-0.25, -0.2) is 8.42 Å². The van der Waals surface area contributed by atoms with Crippen molar-refractivity contribution in [2.75, 3.05) is 18.4 Å². The summed E-state index contributed by atoms with van der Waals surface area (Å²) in [6.45, 7) is 4.77. The number of benzene rings is 2. The lowest BCUT2D eigenvalue weighted by molar-refractivity contribution is 0.0951. The topological polar surface area (TPSA) is 109 Å². The highest BCUT2D eigenvalue weighted by molar-refractivity contribution is 7.89. The van der Waals surface area contributed by atoms with Crippen LogP contribution in [-0.4, -0.2) is 37.6 Å². The average molecular weight is 482 g/mol. The quantitative estimate of drug-likeness (QED) is 0.533. The molecule has 1 aromatic heterocycles. The number of nitrogens with zero attached hydrogens (tertiary/aromatic N) is 1. The second kappa shape index (κ2) is 9.82. The van der Waals surface area contributed by atoms with Crippen LogP contribution < -0.4 is 10.6 Å². The normalized spacial score (nSPS) is 14.2. The fourth-order valence-corrected chi connectivity index (χ4v) is 5.54. The van der Waals surface area contributed by atoms with Crippen molar-refractivity contribution in [2.45, 2.75) is 38.1 Å². The molecule has 3 aromatic rings. The molecular weight excluding hydrogens is 454 g/mol. The third-order valence-corrected chi connectivity index (χ3v) is 7.78. The molecule has 178 valence electrons. The molecule has 9 heteroatoms. The van der Waals surface area contributed by atoms with Gasteiger partial charge in [0.05, 0.1) is 11.3 Å². The highest BCUT2D eigenvalue weighted by Gasteiger charge is 2.32. The molecule has 2 amide bonds. The van der Waals surface area contributed by atoms with E-state index in [0.717, 1.165) is 24.0 Å².